The average molecular weight is 503 g/mol. The van der Waals surface area contributed by atoms with Crippen molar-refractivity contribution >= 4 is 23.5 Å². The minimum absolute atomic E-state index is 0.134. The highest BCUT2D eigenvalue weighted by Gasteiger charge is 2.78. The van der Waals surface area contributed by atoms with Gasteiger partial charge in [-0.05, 0) is 63.3 Å². The number of methoxy groups -OCH3 is 1. The zero-order valence-electron chi connectivity index (χ0n) is 21.5. The number of rotatable bonds is 12. The van der Waals surface area contributed by atoms with E-state index in [0.29, 0.717) is 50.1 Å². The van der Waals surface area contributed by atoms with E-state index in [0.717, 1.165) is 12.8 Å². The highest BCUT2D eigenvalue weighted by Crippen LogP contribution is 2.64. The van der Waals surface area contributed by atoms with E-state index in [9.17, 15) is 14.4 Å². The molecule has 2 N–H and O–H groups in total. The van der Waals surface area contributed by atoms with Crippen LogP contribution in [0.3, 0.4) is 0 Å². The summed E-state index contributed by atoms with van der Waals surface area (Å²) in [6.45, 7) is 4.46. The van der Waals surface area contributed by atoms with Crippen LogP contribution in [0.1, 0.15) is 58.8 Å². The van der Waals surface area contributed by atoms with Crippen molar-refractivity contribution in [2.45, 2.75) is 76.0 Å². The molecule has 2 unspecified atom stereocenters. The first-order valence-corrected chi connectivity index (χ1v) is 13.1. The number of carbonyl (C=O) groups is 3. The molecule has 0 aromatic heterocycles. The summed E-state index contributed by atoms with van der Waals surface area (Å²) in [5.74, 6) is -1.73. The van der Waals surface area contributed by atoms with Crippen LogP contribution in [0.2, 0.25) is 0 Å². The number of ether oxygens (including phenoxy) is 3. The zero-order chi connectivity index (χ0) is 25.9. The molecule has 2 bridgehead atoms. The van der Waals surface area contributed by atoms with Gasteiger partial charge in [0.1, 0.15) is 23.3 Å². The Morgan fingerprint density at radius 3 is 2.50 bits per heavy atom. The van der Waals surface area contributed by atoms with Gasteiger partial charge >= 0.3 is 5.97 Å². The van der Waals surface area contributed by atoms with Gasteiger partial charge in [-0.25, -0.2) is 0 Å². The van der Waals surface area contributed by atoms with Crippen molar-refractivity contribution in [3.05, 3.63) is 24.3 Å². The topological polar surface area (TPSA) is 114 Å². The number of hydrogen-bond donors (Lipinski definition) is 2. The third kappa shape index (κ3) is 4.36. The molecule has 36 heavy (non-hydrogen) atoms. The molecule has 0 aliphatic carbocycles. The Kier molecular flexibility index (Phi) is 7.90. The highest BCUT2D eigenvalue weighted by molar-refractivity contribution is 6.03. The lowest BCUT2D eigenvalue weighted by Gasteiger charge is -2.33. The maximum absolute atomic E-state index is 13.9. The number of esters is 1. The van der Waals surface area contributed by atoms with Gasteiger partial charge in [0.2, 0.25) is 11.8 Å². The molecule has 3 aliphatic rings. The fraction of sp³-hybridized carbons (Fsp3) is 0.667. The molecule has 9 nitrogen and oxygen atoms in total. The maximum atomic E-state index is 13.9. The first-order valence-electron chi connectivity index (χ1n) is 13.1. The molecule has 198 valence electrons. The first kappa shape index (κ1) is 26.4. The van der Waals surface area contributed by atoms with Crippen molar-refractivity contribution in [1.82, 2.24) is 4.90 Å². The summed E-state index contributed by atoms with van der Waals surface area (Å²) in [6, 6.07) is 6.18. The van der Waals surface area contributed by atoms with Crippen LogP contribution >= 0.6 is 0 Å². The number of likely N-dealkylation sites (tertiary alicyclic amines) is 1. The monoisotopic (exact) mass is 502 g/mol. The quantitative estimate of drug-likeness (QED) is 0.334. The van der Waals surface area contributed by atoms with Crippen LogP contribution in [0.5, 0.6) is 5.75 Å². The maximum Gasteiger partial charge on any atom is 0.312 e. The Hall–Kier alpha value is -2.65. The second kappa shape index (κ2) is 10.8. The smallest absolute Gasteiger partial charge is 0.312 e. The minimum atomic E-state index is -1.06. The largest absolute Gasteiger partial charge is 0.497 e. The third-order valence-electron chi connectivity index (χ3n) is 8.13. The SMILES string of the molecule is CCOC(=O)[C@@H]1[C@H]2C(=O)N(CCCCCCO)C(C(=O)Nc3ccc(OC)cc3)C23CC[C@@]1(CC)O3. The van der Waals surface area contributed by atoms with E-state index in [1.165, 1.54) is 0 Å². The van der Waals surface area contributed by atoms with Crippen molar-refractivity contribution < 1.29 is 33.7 Å². The van der Waals surface area contributed by atoms with E-state index in [1.54, 1.807) is 43.2 Å². The number of amides is 2. The van der Waals surface area contributed by atoms with Crippen LogP contribution in [0, 0.1) is 11.8 Å². The van der Waals surface area contributed by atoms with E-state index < -0.39 is 35.0 Å². The predicted molar refractivity (Wildman–Crippen MR) is 132 cm³/mol. The van der Waals surface area contributed by atoms with Gasteiger partial charge in [0, 0.05) is 18.8 Å². The van der Waals surface area contributed by atoms with Gasteiger partial charge in [0.15, 0.2) is 0 Å². The van der Waals surface area contributed by atoms with Crippen molar-refractivity contribution in [3.8, 4) is 5.75 Å². The standard InChI is InChI=1S/C27H38N2O7/c1-4-26-14-15-27(36-26)20(21(26)25(33)35-5-2)24(32)29(16-8-6-7-9-17-30)22(27)23(31)28-18-10-12-19(34-3)13-11-18/h10-13,20-22,30H,4-9,14-17H2,1-3H3,(H,28,31)/t20-,21-,22?,26+,27?/m0/s1. The molecule has 2 amide bonds. The van der Waals surface area contributed by atoms with Gasteiger partial charge in [0.05, 0.1) is 25.2 Å². The van der Waals surface area contributed by atoms with Crippen LogP contribution in [-0.2, 0) is 23.9 Å². The van der Waals surface area contributed by atoms with Crippen LogP contribution < -0.4 is 10.1 Å². The Bertz CT molecular complexity index is 967. The van der Waals surface area contributed by atoms with E-state index in [-0.39, 0.29) is 25.0 Å². The normalized spacial score (nSPS) is 30.4. The van der Waals surface area contributed by atoms with Gasteiger partial charge in [-0.1, -0.05) is 19.8 Å². The first-order chi connectivity index (χ1) is 17.4. The summed E-state index contributed by atoms with van der Waals surface area (Å²) in [5.41, 5.74) is -1.26. The predicted octanol–water partition coefficient (Wildman–Crippen LogP) is 2.90. The number of carbonyl (C=O) groups excluding carboxylic acids is 3. The van der Waals surface area contributed by atoms with E-state index in [1.807, 2.05) is 6.92 Å². The molecule has 3 aliphatic heterocycles. The number of anilines is 1. The van der Waals surface area contributed by atoms with Gasteiger partial charge in [-0.15, -0.1) is 0 Å². The van der Waals surface area contributed by atoms with Crippen LogP contribution in [0.4, 0.5) is 5.69 Å². The minimum Gasteiger partial charge on any atom is -0.497 e. The van der Waals surface area contributed by atoms with E-state index in [2.05, 4.69) is 5.32 Å². The molecule has 3 saturated heterocycles. The summed E-state index contributed by atoms with van der Waals surface area (Å²) >= 11 is 0. The Labute approximate surface area is 212 Å². The fourth-order valence-electron chi connectivity index (χ4n) is 6.48. The summed E-state index contributed by atoms with van der Waals surface area (Å²) < 4.78 is 17.3. The van der Waals surface area contributed by atoms with Gasteiger partial charge in [-0.3, -0.25) is 14.4 Å². The summed E-state index contributed by atoms with van der Waals surface area (Å²) in [7, 11) is 1.58. The van der Waals surface area contributed by atoms with Gasteiger partial charge < -0.3 is 29.5 Å². The lowest BCUT2D eigenvalue weighted by atomic mass is 9.65. The number of nitrogens with one attached hydrogen (secondary N) is 1. The number of unbranched alkanes of at least 4 members (excludes halogenated alkanes) is 3. The molecule has 1 aromatic carbocycles. The molecule has 0 radical (unpaired) electrons. The molecule has 3 fully saturated rings. The second-order valence-corrected chi connectivity index (χ2v) is 9.97. The van der Waals surface area contributed by atoms with Crippen LogP contribution in [0.15, 0.2) is 24.3 Å². The Morgan fingerprint density at radius 2 is 1.86 bits per heavy atom. The molecule has 0 saturated carbocycles. The van der Waals surface area contributed by atoms with Crippen LogP contribution in [-0.4, -0.2) is 71.9 Å². The van der Waals surface area contributed by atoms with Crippen molar-refractivity contribution in [2.24, 2.45) is 11.8 Å². The van der Waals surface area contributed by atoms with E-state index >= 15 is 0 Å². The summed E-state index contributed by atoms with van der Waals surface area (Å²) in [4.78, 5) is 42.5. The molecule has 1 spiro atoms. The molecule has 5 atom stereocenters. The fourth-order valence-corrected chi connectivity index (χ4v) is 6.48. The zero-order valence-corrected chi connectivity index (χ0v) is 21.5. The lowest BCUT2D eigenvalue weighted by molar-refractivity contribution is -0.160. The van der Waals surface area contributed by atoms with E-state index in [4.69, 9.17) is 19.3 Å². The Morgan fingerprint density at radius 1 is 1.14 bits per heavy atom. The number of nitrogens with zero attached hydrogens (tertiary/aromatic N) is 1. The number of aliphatic hydroxyl groups is 1. The molecule has 4 rings (SSSR count). The Balaban J connectivity index is 1.65. The van der Waals surface area contributed by atoms with Crippen molar-refractivity contribution in [2.75, 3.05) is 32.2 Å². The highest BCUT2D eigenvalue weighted by atomic mass is 16.6. The number of benzene rings is 1. The van der Waals surface area contributed by atoms with Crippen molar-refractivity contribution in [3.63, 3.8) is 0 Å². The summed E-state index contributed by atoms with van der Waals surface area (Å²) in [6.07, 6.45) is 4.78. The summed E-state index contributed by atoms with van der Waals surface area (Å²) in [5, 5.41) is 12.0. The van der Waals surface area contributed by atoms with Crippen LogP contribution in [0.25, 0.3) is 0 Å². The molecular formula is C27H38N2O7. The number of fused-ring (bicyclic) bond motifs is 1. The second-order valence-electron chi connectivity index (χ2n) is 9.97. The van der Waals surface area contributed by atoms with Gasteiger partial charge in [-0.2, -0.15) is 0 Å². The van der Waals surface area contributed by atoms with Crippen molar-refractivity contribution in [1.29, 1.82) is 0 Å². The van der Waals surface area contributed by atoms with Gasteiger partial charge in [0.25, 0.3) is 0 Å². The average Bonchev–Trinajstić information content (AvgIpc) is 3.48. The number of hydrogen-bond acceptors (Lipinski definition) is 7. The number of aliphatic hydroxyl groups excluding tert-OH is 1. The lowest BCUT2D eigenvalue weighted by Crippen LogP contribution is -2.53. The molecule has 3 heterocycles. The molecule has 9 heteroatoms. The molecule has 1 aromatic rings. The molecular weight excluding hydrogens is 464 g/mol. The third-order valence-corrected chi connectivity index (χ3v) is 8.13.